The van der Waals surface area contributed by atoms with Gasteiger partial charge in [-0.25, -0.2) is 9.97 Å². The molecule has 0 saturated carbocycles. The summed E-state index contributed by atoms with van der Waals surface area (Å²) < 4.78 is 5.53. The van der Waals surface area contributed by atoms with Crippen LogP contribution in [0.5, 0.6) is 0 Å². The Morgan fingerprint density at radius 2 is 2.00 bits per heavy atom. The number of aromatic nitrogens is 2. The second-order valence-corrected chi connectivity index (χ2v) is 11.0. The number of hydrogen-bond donors (Lipinski definition) is 1. The zero-order chi connectivity index (χ0) is 22.8. The third kappa shape index (κ3) is 4.77. The molecule has 2 fully saturated rings. The monoisotopic (exact) mass is 485 g/mol. The molecule has 0 aromatic carbocycles. The van der Waals surface area contributed by atoms with Crippen LogP contribution >= 0.6 is 22.7 Å². The third-order valence-corrected chi connectivity index (χ3v) is 9.03. The summed E-state index contributed by atoms with van der Waals surface area (Å²) >= 11 is 3.49. The molecule has 176 valence electrons. The van der Waals surface area contributed by atoms with Crippen molar-refractivity contribution < 1.29 is 9.53 Å². The topological polar surface area (TPSA) is 70.6 Å². The molecule has 9 heteroatoms. The van der Waals surface area contributed by atoms with Crippen molar-refractivity contribution in [3.05, 3.63) is 39.2 Å². The molecule has 1 N–H and O–H groups in total. The molecule has 1 unspecified atom stereocenters. The van der Waals surface area contributed by atoms with Gasteiger partial charge in [0.05, 0.1) is 24.6 Å². The maximum Gasteiger partial charge on any atom is 0.223 e. The fourth-order valence-electron chi connectivity index (χ4n) is 4.88. The second-order valence-electron chi connectivity index (χ2n) is 8.85. The summed E-state index contributed by atoms with van der Waals surface area (Å²) in [7, 11) is 0. The van der Waals surface area contributed by atoms with E-state index in [1.807, 2.05) is 0 Å². The first-order chi connectivity index (χ1) is 16.1. The quantitative estimate of drug-likeness (QED) is 0.573. The fourth-order valence-corrected chi connectivity index (χ4v) is 6.73. The molecule has 2 aliphatic heterocycles. The van der Waals surface area contributed by atoms with Crippen LogP contribution in [-0.4, -0.2) is 66.7 Å². The Labute approximate surface area is 202 Å². The zero-order valence-electron chi connectivity index (χ0n) is 19.2. The van der Waals surface area contributed by atoms with Gasteiger partial charge in [0.1, 0.15) is 17.0 Å². The molecule has 0 aliphatic carbocycles. The minimum Gasteiger partial charge on any atom is -0.379 e. The van der Waals surface area contributed by atoms with Gasteiger partial charge in [0.15, 0.2) is 0 Å². The van der Waals surface area contributed by atoms with Crippen molar-refractivity contribution in [1.29, 1.82) is 0 Å². The number of rotatable bonds is 6. The van der Waals surface area contributed by atoms with E-state index >= 15 is 0 Å². The van der Waals surface area contributed by atoms with Crippen molar-refractivity contribution in [3.63, 3.8) is 0 Å². The van der Waals surface area contributed by atoms with Crippen LogP contribution in [0.15, 0.2) is 23.8 Å². The van der Waals surface area contributed by atoms with Gasteiger partial charge >= 0.3 is 0 Å². The van der Waals surface area contributed by atoms with Crippen LogP contribution in [0.1, 0.15) is 34.2 Å². The van der Waals surface area contributed by atoms with Crippen LogP contribution in [0.25, 0.3) is 10.2 Å². The van der Waals surface area contributed by atoms with E-state index in [0.717, 1.165) is 62.9 Å². The van der Waals surface area contributed by atoms with E-state index in [1.54, 1.807) is 29.0 Å². The van der Waals surface area contributed by atoms with E-state index < -0.39 is 0 Å². The molecule has 2 saturated heterocycles. The van der Waals surface area contributed by atoms with Crippen LogP contribution in [0, 0.1) is 19.8 Å². The van der Waals surface area contributed by atoms with Crippen LogP contribution in [0.2, 0.25) is 0 Å². The largest absolute Gasteiger partial charge is 0.379 e. The maximum atomic E-state index is 13.1. The van der Waals surface area contributed by atoms with Crippen LogP contribution in [0.3, 0.4) is 0 Å². The molecule has 0 bridgehead atoms. The van der Waals surface area contributed by atoms with Crippen molar-refractivity contribution >= 4 is 44.6 Å². The standard InChI is InChI=1S/C24H31N5O2S2/c1-16-17(2)33-24-21(16)22(26-15-27-24)29-7-5-18(6-8-29)23(30)25-14-19(20-4-3-13-32-20)28-9-11-31-12-10-28/h3-4,13,15,18-19H,5-12,14H2,1-2H3,(H,25,30). The second kappa shape index (κ2) is 10.0. The summed E-state index contributed by atoms with van der Waals surface area (Å²) in [6.45, 7) is 9.97. The van der Waals surface area contributed by atoms with Gasteiger partial charge in [-0.3, -0.25) is 9.69 Å². The minimum absolute atomic E-state index is 0.0533. The predicted octanol–water partition coefficient (Wildman–Crippen LogP) is 3.78. The van der Waals surface area contributed by atoms with E-state index in [9.17, 15) is 4.79 Å². The number of nitrogens with zero attached hydrogens (tertiary/aromatic N) is 4. The molecule has 0 radical (unpaired) electrons. The molecule has 3 aromatic heterocycles. The average molecular weight is 486 g/mol. The van der Waals surface area contributed by atoms with Crippen molar-refractivity contribution in [3.8, 4) is 0 Å². The summed E-state index contributed by atoms with van der Waals surface area (Å²) in [5.74, 6) is 1.25. The van der Waals surface area contributed by atoms with E-state index in [2.05, 4.69) is 56.4 Å². The first kappa shape index (κ1) is 22.7. The van der Waals surface area contributed by atoms with Crippen molar-refractivity contribution in [2.75, 3.05) is 50.8 Å². The molecule has 5 heterocycles. The number of fused-ring (bicyclic) bond motifs is 1. The Kier molecular flexibility index (Phi) is 6.91. The normalized spacial score (nSPS) is 19.2. The number of carbonyl (C=O) groups is 1. The van der Waals surface area contributed by atoms with Crippen LogP contribution in [0.4, 0.5) is 5.82 Å². The summed E-state index contributed by atoms with van der Waals surface area (Å²) in [6.07, 6.45) is 3.36. The number of ether oxygens (including phenoxy) is 1. The van der Waals surface area contributed by atoms with E-state index in [-0.39, 0.29) is 17.9 Å². The number of morpholine rings is 1. The van der Waals surface area contributed by atoms with Gasteiger partial charge in [-0.1, -0.05) is 6.07 Å². The molecule has 1 amide bonds. The number of aryl methyl sites for hydroxylation is 2. The average Bonchev–Trinajstić information content (AvgIpc) is 3.48. The van der Waals surface area contributed by atoms with Gasteiger partial charge in [-0.2, -0.15) is 0 Å². The molecule has 2 aliphatic rings. The number of piperidine rings is 1. The molecular formula is C24H31N5O2S2. The Balaban J connectivity index is 1.20. The molecule has 3 aromatic rings. The highest BCUT2D eigenvalue weighted by Gasteiger charge is 2.29. The SMILES string of the molecule is Cc1sc2ncnc(N3CCC(C(=O)NCC(c4cccs4)N4CCOCC4)CC3)c2c1C. The summed E-state index contributed by atoms with van der Waals surface area (Å²) in [4.78, 5) is 30.6. The first-order valence-corrected chi connectivity index (χ1v) is 13.4. The lowest BCUT2D eigenvalue weighted by molar-refractivity contribution is -0.125. The van der Waals surface area contributed by atoms with Crippen LogP contribution < -0.4 is 10.2 Å². The van der Waals surface area contributed by atoms with E-state index in [0.29, 0.717) is 6.54 Å². The number of hydrogen-bond acceptors (Lipinski definition) is 8. The van der Waals surface area contributed by atoms with Gasteiger partial charge in [0.25, 0.3) is 0 Å². The molecule has 1 atom stereocenters. The number of anilines is 1. The lowest BCUT2D eigenvalue weighted by Gasteiger charge is -2.35. The number of thiophene rings is 2. The van der Waals surface area contributed by atoms with Crippen molar-refractivity contribution in [2.45, 2.75) is 32.7 Å². The number of carbonyl (C=O) groups excluding carboxylic acids is 1. The lowest BCUT2D eigenvalue weighted by Crippen LogP contribution is -2.46. The Morgan fingerprint density at radius 1 is 1.21 bits per heavy atom. The highest BCUT2D eigenvalue weighted by molar-refractivity contribution is 7.18. The first-order valence-electron chi connectivity index (χ1n) is 11.7. The molecule has 7 nitrogen and oxygen atoms in total. The zero-order valence-corrected chi connectivity index (χ0v) is 20.9. The third-order valence-electron chi connectivity index (χ3n) is 6.94. The molecule has 33 heavy (non-hydrogen) atoms. The summed E-state index contributed by atoms with van der Waals surface area (Å²) in [5.41, 5.74) is 1.27. The highest BCUT2D eigenvalue weighted by atomic mass is 32.1. The highest BCUT2D eigenvalue weighted by Crippen LogP contribution is 2.35. The minimum atomic E-state index is 0.0533. The van der Waals surface area contributed by atoms with Crippen LogP contribution in [-0.2, 0) is 9.53 Å². The molecule has 0 spiro atoms. The lowest BCUT2D eigenvalue weighted by atomic mass is 9.95. The van der Waals surface area contributed by atoms with Gasteiger partial charge in [-0.05, 0) is 43.7 Å². The number of nitrogens with one attached hydrogen (secondary N) is 1. The van der Waals surface area contributed by atoms with Gasteiger partial charge in [-0.15, -0.1) is 22.7 Å². The summed E-state index contributed by atoms with van der Waals surface area (Å²) in [6, 6.07) is 4.48. The fraction of sp³-hybridized carbons (Fsp3) is 0.542. The number of amides is 1. The van der Waals surface area contributed by atoms with Gasteiger partial charge < -0.3 is 15.0 Å². The Bertz CT molecular complexity index is 1090. The van der Waals surface area contributed by atoms with Gasteiger partial charge in [0.2, 0.25) is 5.91 Å². The smallest absolute Gasteiger partial charge is 0.223 e. The van der Waals surface area contributed by atoms with Gasteiger partial charge in [0, 0.05) is 48.4 Å². The Morgan fingerprint density at radius 3 is 2.73 bits per heavy atom. The maximum absolute atomic E-state index is 13.1. The summed E-state index contributed by atoms with van der Waals surface area (Å²) in [5, 5.41) is 6.56. The van der Waals surface area contributed by atoms with E-state index in [4.69, 9.17) is 4.74 Å². The Hall–Kier alpha value is -2.07. The predicted molar refractivity (Wildman–Crippen MR) is 134 cm³/mol. The van der Waals surface area contributed by atoms with Crippen molar-refractivity contribution in [2.24, 2.45) is 5.92 Å². The van der Waals surface area contributed by atoms with E-state index in [1.165, 1.54) is 20.7 Å². The molecular weight excluding hydrogens is 454 g/mol. The molecule has 5 rings (SSSR count). The van der Waals surface area contributed by atoms with Crippen molar-refractivity contribution in [1.82, 2.24) is 20.2 Å².